The van der Waals surface area contributed by atoms with Gasteiger partial charge in [-0.2, -0.15) is 0 Å². The van der Waals surface area contributed by atoms with Gasteiger partial charge in [0.1, 0.15) is 5.69 Å². The number of rotatable bonds is 4. The predicted octanol–water partition coefficient (Wildman–Crippen LogP) is 1.35. The van der Waals surface area contributed by atoms with E-state index in [0.717, 1.165) is 43.5 Å². The number of nitrogens with zero attached hydrogens (tertiary/aromatic N) is 5. The first-order valence-electron chi connectivity index (χ1n) is 6.84. The Kier molecular flexibility index (Phi) is 3.64. The van der Waals surface area contributed by atoms with E-state index in [1.807, 2.05) is 37.0 Å². The highest BCUT2D eigenvalue weighted by Gasteiger charge is 2.18. The SMILES string of the molecule is CN(CC1CCOC1)c1ccc(-c2nccn2C)nn1. The Morgan fingerprint density at radius 3 is 2.90 bits per heavy atom. The zero-order valence-electron chi connectivity index (χ0n) is 11.9. The van der Waals surface area contributed by atoms with E-state index in [0.29, 0.717) is 5.92 Å². The van der Waals surface area contributed by atoms with Gasteiger partial charge in [-0.15, -0.1) is 10.2 Å². The molecule has 20 heavy (non-hydrogen) atoms. The molecule has 3 rings (SSSR count). The molecule has 1 aliphatic heterocycles. The van der Waals surface area contributed by atoms with Crippen LogP contribution >= 0.6 is 0 Å². The summed E-state index contributed by atoms with van der Waals surface area (Å²) in [7, 11) is 3.99. The predicted molar refractivity (Wildman–Crippen MR) is 76.4 cm³/mol. The molecular formula is C14H19N5O. The van der Waals surface area contributed by atoms with Crippen molar-refractivity contribution in [2.75, 3.05) is 31.7 Å². The van der Waals surface area contributed by atoms with Gasteiger partial charge in [0, 0.05) is 45.6 Å². The quantitative estimate of drug-likeness (QED) is 0.841. The van der Waals surface area contributed by atoms with Crippen molar-refractivity contribution in [2.24, 2.45) is 13.0 Å². The lowest BCUT2D eigenvalue weighted by atomic mass is 10.1. The fraction of sp³-hybridized carbons (Fsp3) is 0.500. The first-order chi connectivity index (χ1) is 9.74. The van der Waals surface area contributed by atoms with Crippen LogP contribution in [0.15, 0.2) is 24.5 Å². The smallest absolute Gasteiger partial charge is 0.160 e. The Labute approximate surface area is 118 Å². The summed E-state index contributed by atoms with van der Waals surface area (Å²) in [4.78, 5) is 6.41. The molecule has 0 aliphatic carbocycles. The maximum Gasteiger partial charge on any atom is 0.160 e. The Balaban J connectivity index is 1.70. The van der Waals surface area contributed by atoms with Gasteiger partial charge in [-0.1, -0.05) is 0 Å². The molecule has 6 heteroatoms. The maximum absolute atomic E-state index is 5.40. The number of aromatic nitrogens is 4. The second-order valence-electron chi connectivity index (χ2n) is 5.25. The minimum atomic E-state index is 0.594. The van der Waals surface area contributed by atoms with Crippen molar-refractivity contribution < 1.29 is 4.74 Å². The van der Waals surface area contributed by atoms with Crippen molar-refractivity contribution in [1.82, 2.24) is 19.7 Å². The second-order valence-corrected chi connectivity index (χ2v) is 5.25. The van der Waals surface area contributed by atoms with Crippen LogP contribution in [-0.2, 0) is 11.8 Å². The van der Waals surface area contributed by atoms with Crippen molar-refractivity contribution >= 4 is 5.82 Å². The molecule has 3 heterocycles. The first-order valence-corrected chi connectivity index (χ1v) is 6.84. The van der Waals surface area contributed by atoms with Crippen LogP contribution in [0.3, 0.4) is 0 Å². The fourth-order valence-corrected chi connectivity index (χ4v) is 2.47. The van der Waals surface area contributed by atoms with Crippen molar-refractivity contribution in [1.29, 1.82) is 0 Å². The molecule has 2 aromatic rings. The van der Waals surface area contributed by atoms with Gasteiger partial charge in [0.2, 0.25) is 0 Å². The summed E-state index contributed by atoms with van der Waals surface area (Å²) in [5.74, 6) is 2.31. The molecule has 106 valence electrons. The Bertz CT molecular complexity index is 559. The number of ether oxygens (including phenoxy) is 1. The summed E-state index contributed by atoms with van der Waals surface area (Å²) in [5.41, 5.74) is 0.791. The van der Waals surface area contributed by atoms with Crippen LogP contribution in [0.2, 0.25) is 0 Å². The van der Waals surface area contributed by atoms with E-state index in [-0.39, 0.29) is 0 Å². The third-order valence-corrected chi connectivity index (χ3v) is 3.65. The third-order valence-electron chi connectivity index (χ3n) is 3.65. The van der Waals surface area contributed by atoms with Crippen LogP contribution in [0.1, 0.15) is 6.42 Å². The lowest BCUT2D eigenvalue weighted by molar-refractivity contribution is 0.186. The van der Waals surface area contributed by atoms with E-state index in [1.165, 1.54) is 0 Å². The van der Waals surface area contributed by atoms with E-state index in [9.17, 15) is 0 Å². The van der Waals surface area contributed by atoms with Crippen LogP contribution in [-0.4, -0.2) is 46.6 Å². The highest BCUT2D eigenvalue weighted by atomic mass is 16.5. The summed E-state index contributed by atoms with van der Waals surface area (Å²) in [5, 5.41) is 8.57. The summed E-state index contributed by atoms with van der Waals surface area (Å²) < 4.78 is 7.34. The van der Waals surface area contributed by atoms with Crippen LogP contribution in [0.4, 0.5) is 5.82 Å². The van der Waals surface area contributed by atoms with Crippen LogP contribution < -0.4 is 4.90 Å². The van der Waals surface area contributed by atoms with Gasteiger partial charge in [-0.3, -0.25) is 0 Å². The summed E-state index contributed by atoms with van der Waals surface area (Å²) in [6.07, 6.45) is 4.79. The Morgan fingerprint density at radius 1 is 1.40 bits per heavy atom. The van der Waals surface area contributed by atoms with Crippen molar-refractivity contribution in [3.8, 4) is 11.5 Å². The third kappa shape index (κ3) is 2.65. The highest BCUT2D eigenvalue weighted by molar-refractivity contribution is 5.51. The molecule has 0 bridgehead atoms. The second kappa shape index (κ2) is 5.58. The summed E-state index contributed by atoms with van der Waals surface area (Å²) >= 11 is 0. The van der Waals surface area contributed by atoms with Gasteiger partial charge >= 0.3 is 0 Å². The molecular weight excluding hydrogens is 254 g/mol. The monoisotopic (exact) mass is 273 g/mol. The Morgan fingerprint density at radius 2 is 2.30 bits per heavy atom. The van der Waals surface area contributed by atoms with Gasteiger partial charge in [-0.25, -0.2) is 4.98 Å². The summed E-state index contributed by atoms with van der Waals surface area (Å²) in [6.45, 7) is 2.68. The molecule has 1 atom stereocenters. The fourth-order valence-electron chi connectivity index (χ4n) is 2.47. The zero-order chi connectivity index (χ0) is 13.9. The molecule has 0 N–H and O–H groups in total. The number of imidazole rings is 1. The van der Waals surface area contributed by atoms with Gasteiger partial charge in [0.25, 0.3) is 0 Å². The number of aryl methyl sites for hydroxylation is 1. The maximum atomic E-state index is 5.40. The van der Waals surface area contributed by atoms with E-state index in [4.69, 9.17) is 4.74 Å². The minimum absolute atomic E-state index is 0.594. The van der Waals surface area contributed by atoms with E-state index < -0.39 is 0 Å². The average molecular weight is 273 g/mol. The molecule has 0 spiro atoms. The van der Waals surface area contributed by atoms with Crippen molar-refractivity contribution in [3.63, 3.8) is 0 Å². The van der Waals surface area contributed by atoms with Gasteiger partial charge in [0.15, 0.2) is 11.6 Å². The minimum Gasteiger partial charge on any atom is -0.381 e. The lowest BCUT2D eigenvalue weighted by Crippen LogP contribution is -2.26. The van der Waals surface area contributed by atoms with Gasteiger partial charge < -0.3 is 14.2 Å². The van der Waals surface area contributed by atoms with E-state index >= 15 is 0 Å². The van der Waals surface area contributed by atoms with Crippen LogP contribution in [0.25, 0.3) is 11.5 Å². The van der Waals surface area contributed by atoms with Crippen LogP contribution in [0.5, 0.6) is 0 Å². The standard InChI is InChI=1S/C14H19N5O/c1-18-7-6-15-14(18)12-3-4-13(17-16-12)19(2)9-11-5-8-20-10-11/h3-4,6-7,11H,5,8-10H2,1-2H3. The molecule has 6 nitrogen and oxygen atoms in total. The topological polar surface area (TPSA) is 56.1 Å². The average Bonchev–Trinajstić information content (AvgIpc) is 3.10. The molecule has 2 aromatic heterocycles. The highest BCUT2D eigenvalue weighted by Crippen LogP contribution is 2.18. The van der Waals surface area contributed by atoms with E-state index in [2.05, 4.69) is 20.1 Å². The van der Waals surface area contributed by atoms with Gasteiger partial charge in [0.05, 0.1) is 6.61 Å². The molecule has 1 aliphatic rings. The molecule has 1 unspecified atom stereocenters. The Hall–Kier alpha value is -1.95. The van der Waals surface area contributed by atoms with E-state index in [1.54, 1.807) is 6.20 Å². The molecule has 0 amide bonds. The zero-order valence-corrected chi connectivity index (χ0v) is 11.9. The first kappa shape index (κ1) is 13.1. The van der Waals surface area contributed by atoms with Crippen LogP contribution in [0, 0.1) is 5.92 Å². The molecule has 0 radical (unpaired) electrons. The number of hydrogen-bond donors (Lipinski definition) is 0. The van der Waals surface area contributed by atoms with Crippen molar-refractivity contribution in [2.45, 2.75) is 6.42 Å². The molecule has 0 saturated carbocycles. The normalized spacial score (nSPS) is 18.4. The number of anilines is 1. The summed E-state index contributed by atoms with van der Waals surface area (Å²) in [6, 6.07) is 3.96. The van der Waals surface area contributed by atoms with Crippen molar-refractivity contribution in [3.05, 3.63) is 24.5 Å². The molecule has 1 fully saturated rings. The molecule has 1 saturated heterocycles. The lowest BCUT2D eigenvalue weighted by Gasteiger charge is -2.20. The number of hydrogen-bond acceptors (Lipinski definition) is 5. The largest absolute Gasteiger partial charge is 0.381 e. The van der Waals surface area contributed by atoms with Gasteiger partial charge in [-0.05, 0) is 18.6 Å². The molecule has 0 aromatic carbocycles.